The number of amides is 2. The van der Waals surface area contributed by atoms with E-state index in [0.717, 1.165) is 16.8 Å². The van der Waals surface area contributed by atoms with Crippen LogP contribution in [0.1, 0.15) is 24.5 Å². The van der Waals surface area contributed by atoms with Crippen LogP contribution in [0.4, 0.5) is 11.4 Å². The zero-order valence-electron chi connectivity index (χ0n) is 14.4. The van der Waals surface area contributed by atoms with E-state index >= 15 is 0 Å². The van der Waals surface area contributed by atoms with Crippen LogP contribution in [0, 0.1) is 13.8 Å². The molecule has 0 heterocycles. The molecule has 0 aliphatic carbocycles. The maximum absolute atomic E-state index is 12.3. The van der Waals surface area contributed by atoms with Gasteiger partial charge >= 0.3 is 0 Å². The standard InChI is InChI=1S/C19H20Cl2N2O2/c1-12-7-8-16(13(2)11-12)22-18(25)9-10-23(14(3)24)17-6-4-5-15(20)19(17)21/h4-8,11H,9-10H2,1-3H3,(H,22,25). The Hall–Kier alpha value is -2.04. The van der Waals surface area contributed by atoms with E-state index in [1.807, 2.05) is 32.0 Å². The van der Waals surface area contributed by atoms with E-state index in [-0.39, 0.29) is 24.8 Å². The van der Waals surface area contributed by atoms with Crippen LogP contribution >= 0.6 is 23.2 Å². The van der Waals surface area contributed by atoms with E-state index in [1.54, 1.807) is 18.2 Å². The number of carbonyl (C=O) groups is 2. The first-order chi connectivity index (χ1) is 11.8. The fourth-order valence-electron chi connectivity index (χ4n) is 2.53. The van der Waals surface area contributed by atoms with Gasteiger partial charge in [0.05, 0.1) is 15.7 Å². The van der Waals surface area contributed by atoms with Gasteiger partial charge in [0, 0.05) is 25.6 Å². The summed E-state index contributed by atoms with van der Waals surface area (Å²) in [5, 5.41) is 3.54. The van der Waals surface area contributed by atoms with Crippen LogP contribution in [0.3, 0.4) is 0 Å². The number of rotatable bonds is 5. The molecule has 1 N–H and O–H groups in total. The molecule has 2 aromatic carbocycles. The van der Waals surface area contributed by atoms with Gasteiger partial charge < -0.3 is 10.2 Å². The minimum atomic E-state index is -0.205. The third-order valence-corrected chi connectivity index (χ3v) is 4.63. The number of benzene rings is 2. The summed E-state index contributed by atoms with van der Waals surface area (Å²) in [5.74, 6) is -0.375. The molecule has 0 aliphatic rings. The van der Waals surface area contributed by atoms with E-state index in [2.05, 4.69) is 5.32 Å². The van der Waals surface area contributed by atoms with Gasteiger partial charge in [-0.15, -0.1) is 0 Å². The molecule has 0 atom stereocenters. The molecule has 0 aromatic heterocycles. The van der Waals surface area contributed by atoms with Crippen LogP contribution in [0.5, 0.6) is 0 Å². The highest BCUT2D eigenvalue weighted by molar-refractivity contribution is 6.44. The number of carbonyl (C=O) groups excluding carboxylic acids is 2. The summed E-state index contributed by atoms with van der Waals surface area (Å²) in [6, 6.07) is 10.9. The van der Waals surface area contributed by atoms with Crippen LogP contribution in [-0.4, -0.2) is 18.4 Å². The lowest BCUT2D eigenvalue weighted by atomic mass is 10.1. The molecule has 0 bridgehead atoms. The summed E-state index contributed by atoms with van der Waals surface area (Å²) in [5.41, 5.74) is 3.40. The van der Waals surface area contributed by atoms with Crippen LogP contribution in [0.15, 0.2) is 36.4 Å². The second-order valence-corrected chi connectivity index (χ2v) is 6.65. The summed E-state index contributed by atoms with van der Waals surface area (Å²) in [4.78, 5) is 25.7. The summed E-state index contributed by atoms with van der Waals surface area (Å²) < 4.78 is 0. The predicted octanol–water partition coefficient (Wildman–Crippen LogP) is 4.99. The second-order valence-electron chi connectivity index (χ2n) is 5.86. The first-order valence-corrected chi connectivity index (χ1v) is 8.64. The van der Waals surface area contributed by atoms with Gasteiger partial charge in [-0.05, 0) is 37.6 Å². The molecule has 25 heavy (non-hydrogen) atoms. The Bertz CT molecular complexity index is 806. The normalized spacial score (nSPS) is 10.4. The quantitative estimate of drug-likeness (QED) is 0.796. The zero-order valence-corrected chi connectivity index (χ0v) is 15.9. The monoisotopic (exact) mass is 378 g/mol. The molecule has 6 heteroatoms. The highest BCUT2D eigenvalue weighted by atomic mass is 35.5. The lowest BCUT2D eigenvalue weighted by molar-refractivity contribution is -0.117. The Morgan fingerprint density at radius 3 is 2.48 bits per heavy atom. The highest BCUT2D eigenvalue weighted by Gasteiger charge is 2.17. The van der Waals surface area contributed by atoms with Crippen molar-refractivity contribution in [3.63, 3.8) is 0 Å². The molecular weight excluding hydrogens is 359 g/mol. The minimum Gasteiger partial charge on any atom is -0.326 e. The van der Waals surface area contributed by atoms with Gasteiger partial charge in [0.2, 0.25) is 11.8 Å². The van der Waals surface area contributed by atoms with Crippen molar-refractivity contribution < 1.29 is 9.59 Å². The smallest absolute Gasteiger partial charge is 0.226 e. The molecule has 0 aliphatic heterocycles. The highest BCUT2D eigenvalue weighted by Crippen LogP contribution is 2.32. The molecule has 4 nitrogen and oxygen atoms in total. The minimum absolute atomic E-state index is 0.149. The number of nitrogens with one attached hydrogen (secondary N) is 1. The van der Waals surface area contributed by atoms with Crippen molar-refractivity contribution >= 4 is 46.4 Å². The maximum Gasteiger partial charge on any atom is 0.226 e. The predicted molar refractivity (Wildman–Crippen MR) is 104 cm³/mol. The zero-order chi connectivity index (χ0) is 18.6. The van der Waals surface area contributed by atoms with Crippen LogP contribution in [0.25, 0.3) is 0 Å². The third-order valence-electron chi connectivity index (χ3n) is 3.82. The molecular formula is C19H20Cl2N2O2. The van der Waals surface area contributed by atoms with Crippen molar-refractivity contribution in [2.45, 2.75) is 27.2 Å². The Kier molecular flexibility index (Phi) is 6.45. The topological polar surface area (TPSA) is 49.4 Å². The number of halogens is 2. The maximum atomic E-state index is 12.3. The Balaban J connectivity index is 2.07. The molecule has 0 fully saturated rings. The molecule has 0 saturated heterocycles. The third kappa shape index (κ3) is 4.97. The second kappa shape index (κ2) is 8.37. The lowest BCUT2D eigenvalue weighted by Crippen LogP contribution is -2.32. The van der Waals surface area contributed by atoms with Gasteiger partial charge in [0.15, 0.2) is 0 Å². The van der Waals surface area contributed by atoms with E-state index in [9.17, 15) is 9.59 Å². The Labute approximate surface area is 157 Å². The van der Waals surface area contributed by atoms with Crippen molar-refractivity contribution in [3.8, 4) is 0 Å². The van der Waals surface area contributed by atoms with Gasteiger partial charge in [-0.25, -0.2) is 0 Å². The molecule has 2 amide bonds. The van der Waals surface area contributed by atoms with Crippen LogP contribution in [0.2, 0.25) is 10.0 Å². The van der Waals surface area contributed by atoms with Gasteiger partial charge in [-0.2, -0.15) is 0 Å². The molecule has 0 unspecified atom stereocenters. The molecule has 0 saturated carbocycles. The summed E-state index contributed by atoms with van der Waals surface area (Å²) in [6.07, 6.45) is 0.149. The van der Waals surface area contributed by atoms with Gasteiger partial charge in [-0.3, -0.25) is 9.59 Å². The first-order valence-electron chi connectivity index (χ1n) is 7.89. The number of aryl methyl sites for hydroxylation is 2. The van der Waals surface area contributed by atoms with Crippen molar-refractivity contribution in [2.75, 3.05) is 16.8 Å². The van der Waals surface area contributed by atoms with Crippen molar-refractivity contribution in [3.05, 3.63) is 57.6 Å². The van der Waals surface area contributed by atoms with Crippen LogP contribution in [-0.2, 0) is 9.59 Å². The van der Waals surface area contributed by atoms with E-state index < -0.39 is 0 Å². The lowest BCUT2D eigenvalue weighted by Gasteiger charge is -2.22. The fraction of sp³-hybridized carbons (Fsp3) is 0.263. The molecule has 132 valence electrons. The van der Waals surface area contributed by atoms with Gasteiger partial charge in [-0.1, -0.05) is 47.0 Å². The average Bonchev–Trinajstić information content (AvgIpc) is 2.54. The molecule has 2 rings (SSSR count). The van der Waals surface area contributed by atoms with E-state index in [1.165, 1.54) is 11.8 Å². The largest absolute Gasteiger partial charge is 0.326 e. The number of anilines is 2. The summed E-state index contributed by atoms with van der Waals surface area (Å²) in [7, 11) is 0. The van der Waals surface area contributed by atoms with E-state index in [4.69, 9.17) is 23.2 Å². The Morgan fingerprint density at radius 2 is 1.84 bits per heavy atom. The summed E-state index contributed by atoms with van der Waals surface area (Å²) >= 11 is 12.2. The average molecular weight is 379 g/mol. The summed E-state index contributed by atoms with van der Waals surface area (Å²) in [6.45, 7) is 5.58. The first kappa shape index (κ1) is 19.3. The number of hydrogen-bond acceptors (Lipinski definition) is 2. The van der Waals surface area contributed by atoms with Gasteiger partial charge in [0.25, 0.3) is 0 Å². The van der Waals surface area contributed by atoms with Crippen molar-refractivity contribution in [1.82, 2.24) is 0 Å². The molecule has 0 spiro atoms. The van der Waals surface area contributed by atoms with E-state index in [0.29, 0.717) is 15.7 Å². The van der Waals surface area contributed by atoms with Crippen molar-refractivity contribution in [2.24, 2.45) is 0 Å². The van der Waals surface area contributed by atoms with Crippen molar-refractivity contribution in [1.29, 1.82) is 0 Å². The number of nitrogens with zero attached hydrogens (tertiary/aromatic N) is 1. The fourth-order valence-corrected chi connectivity index (χ4v) is 2.93. The number of hydrogen-bond donors (Lipinski definition) is 1. The Morgan fingerprint density at radius 1 is 1.12 bits per heavy atom. The van der Waals surface area contributed by atoms with Gasteiger partial charge in [0.1, 0.15) is 0 Å². The molecule has 2 aromatic rings. The van der Waals surface area contributed by atoms with Crippen LogP contribution < -0.4 is 10.2 Å². The molecule has 0 radical (unpaired) electrons. The SMILES string of the molecule is CC(=O)N(CCC(=O)Nc1ccc(C)cc1C)c1cccc(Cl)c1Cl.